The second kappa shape index (κ2) is 8.26. The fourth-order valence-electron chi connectivity index (χ4n) is 2.10. The highest BCUT2D eigenvalue weighted by molar-refractivity contribution is 6.08. The van der Waals surface area contributed by atoms with Crippen molar-refractivity contribution in [3.8, 4) is 0 Å². The summed E-state index contributed by atoms with van der Waals surface area (Å²) in [5, 5.41) is 15.3. The van der Waals surface area contributed by atoms with E-state index in [9.17, 15) is 14.7 Å². The molecule has 0 saturated heterocycles. The van der Waals surface area contributed by atoms with E-state index < -0.39 is 6.10 Å². The first kappa shape index (κ1) is 17.7. The van der Waals surface area contributed by atoms with Gasteiger partial charge in [0.25, 0.3) is 11.8 Å². The lowest BCUT2D eigenvalue weighted by molar-refractivity contribution is 0.0872. The van der Waals surface area contributed by atoms with Crippen LogP contribution in [0.2, 0.25) is 0 Å². The topological polar surface area (TPSA) is 78.4 Å². The Morgan fingerprint density at radius 1 is 0.958 bits per heavy atom. The zero-order chi connectivity index (χ0) is 17.5. The molecule has 1 unspecified atom stereocenters. The van der Waals surface area contributed by atoms with E-state index in [1.165, 1.54) is 0 Å². The van der Waals surface area contributed by atoms with Gasteiger partial charge in [-0.25, -0.2) is 0 Å². The lowest BCUT2D eigenvalue weighted by Crippen LogP contribution is -2.35. The fourth-order valence-corrected chi connectivity index (χ4v) is 2.10. The molecule has 1 atom stereocenters. The first-order chi connectivity index (χ1) is 11.5. The number of hydrogen-bond donors (Lipinski definition) is 3. The van der Waals surface area contributed by atoms with E-state index >= 15 is 0 Å². The van der Waals surface area contributed by atoms with Crippen molar-refractivity contribution in [2.75, 3.05) is 11.9 Å². The third kappa shape index (κ3) is 4.67. The van der Waals surface area contributed by atoms with Gasteiger partial charge in [-0.2, -0.15) is 0 Å². The van der Waals surface area contributed by atoms with Gasteiger partial charge in [0, 0.05) is 12.1 Å². The van der Waals surface area contributed by atoms with E-state index in [0.29, 0.717) is 16.8 Å². The summed E-state index contributed by atoms with van der Waals surface area (Å²) >= 11 is 0. The molecule has 5 heteroatoms. The minimum absolute atomic E-state index is 0.0540. The van der Waals surface area contributed by atoms with Crippen LogP contribution in [0.5, 0.6) is 0 Å². The molecule has 0 fully saturated rings. The maximum absolute atomic E-state index is 12.3. The second-order valence-corrected chi connectivity index (χ2v) is 5.89. The fraction of sp³-hybridized carbons (Fsp3) is 0.263. The van der Waals surface area contributed by atoms with Crippen molar-refractivity contribution in [3.63, 3.8) is 0 Å². The number of aliphatic hydroxyl groups excluding tert-OH is 1. The Bertz CT molecular complexity index is 699. The maximum atomic E-state index is 12.3. The predicted molar refractivity (Wildman–Crippen MR) is 94.0 cm³/mol. The largest absolute Gasteiger partial charge is 0.391 e. The van der Waals surface area contributed by atoms with Gasteiger partial charge >= 0.3 is 0 Å². The summed E-state index contributed by atoms with van der Waals surface area (Å²) in [5.74, 6) is -0.560. The smallest absolute Gasteiger partial charge is 0.255 e. The van der Waals surface area contributed by atoms with Crippen molar-refractivity contribution in [3.05, 3.63) is 65.7 Å². The van der Waals surface area contributed by atoms with Crippen LogP contribution in [0.25, 0.3) is 0 Å². The van der Waals surface area contributed by atoms with Gasteiger partial charge < -0.3 is 15.7 Å². The number of benzene rings is 2. The monoisotopic (exact) mass is 326 g/mol. The highest BCUT2D eigenvalue weighted by Crippen LogP contribution is 2.16. The molecule has 24 heavy (non-hydrogen) atoms. The quantitative estimate of drug-likeness (QED) is 0.764. The molecule has 0 aromatic heterocycles. The molecule has 0 spiro atoms. The Morgan fingerprint density at radius 3 is 2.25 bits per heavy atom. The number of hydrogen-bond acceptors (Lipinski definition) is 3. The van der Waals surface area contributed by atoms with Crippen molar-refractivity contribution < 1.29 is 14.7 Å². The molecule has 2 aromatic carbocycles. The van der Waals surface area contributed by atoms with Gasteiger partial charge in [0.05, 0.1) is 17.4 Å². The van der Waals surface area contributed by atoms with Crippen LogP contribution < -0.4 is 10.6 Å². The van der Waals surface area contributed by atoms with Crippen LogP contribution >= 0.6 is 0 Å². The van der Waals surface area contributed by atoms with Crippen molar-refractivity contribution in [1.82, 2.24) is 5.32 Å². The van der Waals surface area contributed by atoms with Crippen molar-refractivity contribution >= 4 is 17.5 Å². The molecule has 0 saturated carbocycles. The number of anilines is 1. The van der Waals surface area contributed by atoms with Gasteiger partial charge in [-0.3, -0.25) is 9.59 Å². The average molecular weight is 326 g/mol. The van der Waals surface area contributed by atoms with E-state index in [4.69, 9.17) is 0 Å². The van der Waals surface area contributed by atoms with Crippen LogP contribution in [0.15, 0.2) is 54.6 Å². The Balaban J connectivity index is 2.09. The molecule has 0 aliphatic carbocycles. The molecule has 0 bridgehead atoms. The van der Waals surface area contributed by atoms with Gasteiger partial charge in [0.15, 0.2) is 0 Å². The van der Waals surface area contributed by atoms with Gasteiger partial charge in [0.1, 0.15) is 0 Å². The molecule has 3 N–H and O–H groups in total. The zero-order valence-corrected chi connectivity index (χ0v) is 13.8. The molecule has 2 rings (SSSR count). The molecule has 2 amide bonds. The van der Waals surface area contributed by atoms with E-state index in [1.807, 2.05) is 19.9 Å². The highest BCUT2D eigenvalue weighted by atomic mass is 16.3. The summed E-state index contributed by atoms with van der Waals surface area (Å²) in [6.07, 6.45) is -0.611. The molecule has 0 aliphatic rings. The molecule has 0 aliphatic heterocycles. The van der Waals surface area contributed by atoms with Crippen LogP contribution in [-0.2, 0) is 0 Å². The number of amides is 2. The van der Waals surface area contributed by atoms with E-state index in [-0.39, 0.29) is 24.3 Å². The Hall–Kier alpha value is -2.66. The molecule has 0 radical (unpaired) electrons. The number of nitrogens with one attached hydrogen (secondary N) is 2. The first-order valence-electron chi connectivity index (χ1n) is 7.90. The lowest BCUT2D eigenvalue weighted by Gasteiger charge is -2.16. The zero-order valence-electron chi connectivity index (χ0n) is 13.8. The maximum Gasteiger partial charge on any atom is 0.255 e. The molecule has 5 nitrogen and oxygen atoms in total. The average Bonchev–Trinajstić information content (AvgIpc) is 2.60. The summed E-state index contributed by atoms with van der Waals surface area (Å²) < 4.78 is 0. The normalized spacial score (nSPS) is 11.8. The third-order valence-electron chi connectivity index (χ3n) is 3.70. The van der Waals surface area contributed by atoms with Gasteiger partial charge in [-0.05, 0) is 30.2 Å². The van der Waals surface area contributed by atoms with Crippen molar-refractivity contribution in [2.45, 2.75) is 20.0 Å². The first-order valence-corrected chi connectivity index (χ1v) is 7.90. The van der Waals surface area contributed by atoms with Crippen LogP contribution in [0, 0.1) is 5.92 Å². The Labute approximate surface area is 141 Å². The van der Waals surface area contributed by atoms with Crippen LogP contribution in [-0.4, -0.2) is 29.6 Å². The molecule has 2 aromatic rings. The van der Waals surface area contributed by atoms with Crippen LogP contribution in [0.3, 0.4) is 0 Å². The van der Waals surface area contributed by atoms with Crippen molar-refractivity contribution in [2.24, 2.45) is 5.92 Å². The molecule has 126 valence electrons. The third-order valence-corrected chi connectivity index (χ3v) is 3.70. The Morgan fingerprint density at radius 2 is 1.58 bits per heavy atom. The number of rotatable bonds is 6. The molecule has 0 heterocycles. The number of aliphatic hydroxyl groups is 1. The minimum Gasteiger partial charge on any atom is -0.391 e. The molecular weight excluding hydrogens is 304 g/mol. The second-order valence-electron chi connectivity index (χ2n) is 5.89. The summed E-state index contributed by atoms with van der Waals surface area (Å²) in [6, 6.07) is 15.6. The standard InChI is InChI=1S/C19H22N2O3/c1-13(2)17(22)12-20-19(24)15-10-6-7-11-16(15)21-18(23)14-8-4-3-5-9-14/h3-11,13,17,22H,12H2,1-2H3,(H,20,24)(H,21,23). The molecular formula is C19H22N2O3. The summed E-state index contributed by atoms with van der Waals surface area (Å²) in [6.45, 7) is 3.92. The van der Waals surface area contributed by atoms with E-state index in [1.54, 1.807) is 48.5 Å². The summed E-state index contributed by atoms with van der Waals surface area (Å²) in [5.41, 5.74) is 1.31. The van der Waals surface area contributed by atoms with Gasteiger partial charge in [-0.15, -0.1) is 0 Å². The van der Waals surface area contributed by atoms with Crippen LogP contribution in [0.4, 0.5) is 5.69 Å². The van der Waals surface area contributed by atoms with E-state index in [2.05, 4.69) is 10.6 Å². The van der Waals surface area contributed by atoms with Gasteiger partial charge in [-0.1, -0.05) is 44.2 Å². The Kier molecular flexibility index (Phi) is 6.09. The van der Waals surface area contributed by atoms with Gasteiger partial charge in [0.2, 0.25) is 0 Å². The van der Waals surface area contributed by atoms with Crippen LogP contribution in [0.1, 0.15) is 34.6 Å². The minimum atomic E-state index is -0.611. The lowest BCUT2D eigenvalue weighted by atomic mass is 10.1. The summed E-state index contributed by atoms with van der Waals surface area (Å²) in [4.78, 5) is 24.6. The number of carbonyl (C=O) groups is 2. The van der Waals surface area contributed by atoms with E-state index in [0.717, 1.165) is 0 Å². The number of carbonyl (C=O) groups excluding carboxylic acids is 2. The van der Waals surface area contributed by atoms with Crippen molar-refractivity contribution in [1.29, 1.82) is 0 Å². The predicted octanol–water partition coefficient (Wildman–Crippen LogP) is 2.69. The number of para-hydroxylation sites is 1. The summed E-state index contributed by atoms with van der Waals surface area (Å²) in [7, 11) is 0. The highest BCUT2D eigenvalue weighted by Gasteiger charge is 2.16. The SMILES string of the molecule is CC(C)C(O)CNC(=O)c1ccccc1NC(=O)c1ccccc1.